The summed E-state index contributed by atoms with van der Waals surface area (Å²) in [5.74, 6) is -5.01. The van der Waals surface area contributed by atoms with Crippen molar-refractivity contribution in [2.24, 2.45) is 0 Å². The van der Waals surface area contributed by atoms with Crippen LogP contribution in [-0.2, 0) is 52.5 Å². The van der Waals surface area contributed by atoms with Crippen molar-refractivity contribution in [3.63, 3.8) is 0 Å². The quantitative estimate of drug-likeness (QED) is 0.144. The summed E-state index contributed by atoms with van der Waals surface area (Å²) in [5.41, 5.74) is 0. The SMILES string of the molecule is CCCCCCCCCCNC(=O)C(OC(C)=O)C(OC(C)=O)C(OC(C)=O)C(COC(C)=O)OC(C)=O. The Labute approximate surface area is 224 Å². The monoisotopic (exact) mass is 545 g/mol. The van der Waals surface area contributed by atoms with E-state index in [0.29, 0.717) is 6.42 Å². The van der Waals surface area contributed by atoms with Crippen LogP contribution in [0.1, 0.15) is 92.9 Å². The van der Waals surface area contributed by atoms with Gasteiger partial charge in [0.2, 0.25) is 6.10 Å². The van der Waals surface area contributed by atoms with Crippen LogP contribution >= 0.6 is 0 Å². The minimum absolute atomic E-state index is 0.261. The minimum Gasteiger partial charge on any atom is -0.462 e. The Hall–Kier alpha value is -3.18. The van der Waals surface area contributed by atoms with Gasteiger partial charge in [-0.1, -0.05) is 51.9 Å². The van der Waals surface area contributed by atoms with Gasteiger partial charge in [-0.25, -0.2) is 0 Å². The van der Waals surface area contributed by atoms with Crippen molar-refractivity contribution < 1.29 is 52.5 Å². The molecule has 0 fully saturated rings. The number of amides is 1. The molecule has 0 aromatic carbocycles. The molecule has 0 rings (SSSR count). The van der Waals surface area contributed by atoms with E-state index < -0.39 is 66.8 Å². The summed E-state index contributed by atoms with van der Waals surface area (Å²) in [6.07, 6.45) is 1.78. The maximum absolute atomic E-state index is 13.1. The van der Waals surface area contributed by atoms with E-state index in [1.54, 1.807) is 0 Å². The number of rotatable bonds is 19. The minimum atomic E-state index is -1.76. The summed E-state index contributed by atoms with van der Waals surface area (Å²) in [5, 5.41) is 2.65. The average Bonchev–Trinajstić information content (AvgIpc) is 2.80. The highest BCUT2D eigenvalue weighted by atomic mass is 16.6. The molecule has 0 aliphatic rings. The first-order valence-corrected chi connectivity index (χ1v) is 13.0. The van der Waals surface area contributed by atoms with Crippen molar-refractivity contribution >= 4 is 35.8 Å². The fourth-order valence-corrected chi connectivity index (χ4v) is 3.67. The number of carbonyl (C=O) groups is 6. The summed E-state index contributed by atoms with van der Waals surface area (Å²) >= 11 is 0. The van der Waals surface area contributed by atoms with Crippen LogP contribution in [-0.4, -0.2) is 73.3 Å². The molecule has 0 spiro atoms. The molecule has 0 aliphatic carbocycles. The van der Waals surface area contributed by atoms with Crippen LogP contribution < -0.4 is 5.32 Å². The van der Waals surface area contributed by atoms with Gasteiger partial charge in [0, 0.05) is 41.2 Å². The zero-order chi connectivity index (χ0) is 29.1. The van der Waals surface area contributed by atoms with E-state index in [1.165, 1.54) is 19.3 Å². The van der Waals surface area contributed by atoms with Crippen molar-refractivity contribution in [2.75, 3.05) is 13.2 Å². The highest BCUT2D eigenvalue weighted by Crippen LogP contribution is 2.20. The maximum Gasteiger partial charge on any atom is 0.303 e. The number of esters is 5. The van der Waals surface area contributed by atoms with Crippen LogP contribution in [0, 0.1) is 0 Å². The van der Waals surface area contributed by atoms with Gasteiger partial charge in [0.1, 0.15) is 6.61 Å². The zero-order valence-electron chi connectivity index (χ0n) is 23.4. The number of hydrogen-bond donors (Lipinski definition) is 1. The molecule has 38 heavy (non-hydrogen) atoms. The number of nitrogens with one attached hydrogen (secondary N) is 1. The van der Waals surface area contributed by atoms with E-state index in [4.69, 9.17) is 23.7 Å². The molecular weight excluding hydrogens is 502 g/mol. The molecule has 0 saturated heterocycles. The predicted octanol–water partition coefficient (Wildman–Crippen LogP) is 2.53. The van der Waals surface area contributed by atoms with Crippen molar-refractivity contribution in [1.82, 2.24) is 5.32 Å². The normalized spacial score (nSPS) is 13.7. The molecule has 4 atom stereocenters. The van der Waals surface area contributed by atoms with Gasteiger partial charge in [0.15, 0.2) is 18.3 Å². The number of carbonyl (C=O) groups excluding carboxylic acids is 6. The lowest BCUT2D eigenvalue weighted by molar-refractivity contribution is -0.203. The molecule has 12 nitrogen and oxygen atoms in total. The van der Waals surface area contributed by atoms with Gasteiger partial charge in [0.05, 0.1) is 0 Å². The molecule has 218 valence electrons. The lowest BCUT2D eigenvalue weighted by Gasteiger charge is -2.34. The van der Waals surface area contributed by atoms with Gasteiger partial charge >= 0.3 is 29.8 Å². The molecule has 0 bridgehead atoms. The van der Waals surface area contributed by atoms with Crippen LogP contribution in [0.5, 0.6) is 0 Å². The first-order chi connectivity index (χ1) is 17.9. The van der Waals surface area contributed by atoms with Crippen LogP contribution in [0.15, 0.2) is 0 Å². The van der Waals surface area contributed by atoms with Crippen LogP contribution in [0.4, 0.5) is 0 Å². The smallest absolute Gasteiger partial charge is 0.303 e. The summed E-state index contributed by atoms with van der Waals surface area (Å²) in [4.78, 5) is 72.0. The molecule has 0 aromatic rings. The Morgan fingerprint density at radius 2 is 1.05 bits per heavy atom. The molecule has 0 heterocycles. The van der Waals surface area contributed by atoms with Crippen LogP contribution in [0.25, 0.3) is 0 Å². The highest BCUT2D eigenvalue weighted by Gasteiger charge is 2.46. The van der Waals surface area contributed by atoms with Crippen molar-refractivity contribution in [3.8, 4) is 0 Å². The third-order valence-electron chi connectivity index (χ3n) is 5.24. The molecule has 0 saturated carbocycles. The second-order valence-electron chi connectivity index (χ2n) is 8.89. The van der Waals surface area contributed by atoms with Gasteiger partial charge in [0.25, 0.3) is 5.91 Å². The molecule has 1 amide bonds. The fraction of sp³-hybridized carbons (Fsp3) is 0.769. The Balaban J connectivity index is 5.77. The summed E-state index contributed by atoms with van der Waals surface area (Å²) in [6, 6.07) is 0. The van der Waals surface area contributed by atoms with E-state index in [0.717, 1.165) is 60.3 Å². The van der Waals surface area contributed by atoms with Crippen molar-refractivity contribution in [1.29, 1.82) is 0 Å². The number of unbranched alkanes of at least 4 members (excludes halogenated alkanes) is 7. The van der Waals surface area contributed by atoms with Crippen molar-refractivity contribution in [3.05, 3.63) is 0 Å². The summed E-state index contributed by atoms with van der Waals surface area (Å²) < 4.78 is 25.8. The standard InChI is InChI=1S/C26H43NO11/c1-7-8-9-10-11-12-13-14-15-27-26(33)25(38-21(6)32)24(37-20(5)31)23(36-19(4)30)22(35-18(3)29)16-34-17(2)28/h22-25H,7-16H2,1-6H3,(H,27,33). The van der Waals surface area contributed by atoms with Gasteiger partial charge in [-0.05, 0) is 6.42 Å². The third kappa shape index (κ3) is 16.5. The second kappa shape index (κ2) is 19.9. The van der Waals surface area contributed by atoms with Crippen LogP contribution in [0.2, 0.25) is 0 Å². The number of hydrogen-bond acceptors (Lipinski definition) is 11. The van der Waals surface area contributed by atoms with Gasteiger partial charge in [-0.2, -0.15) is 0 Å². The van der Waals surface area contributed by atoms with E-state index in [9.17, 15) is 28.8 Å². The summed E-state index contributed by atoms with van der Waals surface area (Å²) in [7, 11) is 0. The lowest BCUT2D eigenvalue weighted by Crippen LogP contribution is -2.57. The number of ether oxygens (including phenoxy) is 5. The average molecular weight is 546 g/mol. The van der Waals surface area contributed by atoms with Gasteiger partial charge in [-0.15, -0.1) is 0 Å². The molecule has 1 N–H and O–H groups in total. The predicted molar refractivity (Wildman–Crippen MR) is 134 cm³/mol. The molecule has 0 aromatic heterocycles. The Kier molecular flexibility index (Phi) is 18.2. The van der Waals surface area contributed by atoms with E-state index in [1.807, 2.05) is 0 Å². The van der Waals surface area contributed by atoms with Crippen molar-refractivity contribution in [2.45, 2.75) is 117 Å². The maximum atomic E-state index is 13.1. The summed E-state index contributed by atoms with van der Waals surface area (Å²) in [6.45, 7) is 7.12. The molecule has 0 radical (unpaired) electrons. The molecule has 0 aliphatic heterocycles. The van der Waals surface area contributed by atoms with E-state index in [-0.39, 0.29) is 6.54 Å². The Bertz CT molecular complexity index is 783. The Morgan fingerprint density at radius 3 is 1.53 bits per heavy atom. The highest BCUT2D eigenvalue weighted by molar-refractivity contribution is 5.84. The van der Waals surface area contributed by atoms with Crippen LogP contribution in [0.3, 0.4) is 0 Å². The van der Waals surface area contributed by atoms with Gasteiger partial charge in [-0.3, -0.25) is 28.8 Å². The van der Waals surface area contributed by atoms with E-state index in [2.05, 4.69) is 12.2 Å². The topological polar surface area (TPSA) is 161 Å². The van der Waals surface area contributed by atoms with Gasteiger partial charge < -0.3 is 29.0 Å². The first-order valence-electron chi connectivity index (χ1n) is 13.0. The fourth-order valence-electron chi connectivity index (χ4n) is 3.67. The van der Waals surface area contributed by atoms with E-state index >= 15 is 0 Å². The molecule has 4 unspecified atom stereocenters. The Morgan fingerprint density at radius 1 is 0.579 bits per heavy atom. The molecule has 12 heteroatoms. The third-order valence-corrected chi connectivity index (χ3v) is 5.24. The zero-order valence-corrected chi connectivity index (χ0v) is 23.4. The first kappa shape index (κ1) is 34.8. The second-order valence-corrected chi connectivity index (χ2v) is 8.89. The lowest BCUT2D eigenvalue weighted by atomic mass is 10.0. The molecular formula is C26H43NO11. The largest absolute Gasteiger partial charge is 0.462 e.